The molecule has 0 aliphatic carbocycles. The average Bonchev–Trinajstić information content (AvgIpc) is 2.61. The number of methoxy groups -OCH3 is 1. The number of amides is 1. The van der Waals surface area contributed by atoms with Gasteiger partial charge in [0.15, 0.2) is 0 Å². The van der Waals surface area contributed by atoms with Crippen molar-refractivity contribution in [3.8, 4) is 5.75 Å². The second-order valence-corrected chi connectivity index (χ2v) is 8.20. The number of hydrogen-bond acceptors (Lipinski definition) is 4. The van der Waals surface area contributed by atoms with Gasteiger partial charge in [0.25, 0.3) is 0 Å². The maximum absolute atomic E-state index is 12.6. The first-order chi connectivity index (χ1) is 12.2. The molecule has 0 radical (unpaired) electrons. The van der Waals surface area contributed by atoms with E-state index in [0.717, 1.165) is 15.4 Å². The fourth-order valence-corrected chi connectivity index (χ4v) is 3.65. The highest BCUT2D eigenvalue weighted by Gasteiger charge is 2.23. The van der Waals surface area contributed by atoms with Crippen LogP contribution in [0.25, 0.3) is 0 Å². The van der Waals surface area contributed by atoms with Crippen molar-refractivity contribution in [3.05, 3.63) is 59.2 Å². The van der Waals surface area contributed by atoms with Crippen molar-refractivity contribution in [3.63, 3.8) is 0 Å². The zero-order chi connectivity index (χ0) is 19.3. The Morgan fingerprint density at radius 2 is 1.77 bits per heavy atom. The van der Waals surface area contributed by atoms with Gasteiger partial charge in [0.05, 0.1) is 18.6 Å². The van der Waals surface area contributed by atoms with Gasteiger partial charge in [0, 0.05) is 13.6 Å². The second kappa shape index (κ2) is 8.33. The number of likely N-dealkylation sites (N-methyl/N-ethyl adjacent to an activating group) is 1. The first-order valence-electron chi connectivity index (χ1n) is 8.17. The molecule has 1 N–H and O–H groups in total. The zero-order valence-corrected chi connectivity index (χ0v) is 16.3. The van der Waals surface area contributed by atoms with Gasteiger partial charge in [0.2, 0.25) is 15.9 Å². The molecular weight excluding hydrogens is 352 g/mol. The number of nitrogens with zero attached hydrogens (tertiary/aromatic N) is 1. The predicted molar refractivity (Wildman–Crippen MR) is 101 cm³/mol. The van der Waals surface area contributed by atoms with Gasteiger partial charge in [-0.15, -0.1) is 0 Å². The van der Waals surface area contributed by atoms with E-state index >= 15 is 0 Å². The van der Waals surface area contributed by atoms with Crippen LogP contribution in [-0.2, 0) is 21.4 Å². The molecular formula is C19H24N2O4S. The molecule has 0 aliphatic rings. The Labute approximate surface area is 154 Å². The molecule has 6 nitrogen and oxygen atoms in total. The van der Waals surface area contributed by atoms with Crippen molar-refractivity contribution in [1.82, 2.24) is 9.62 Å². The fourth-order valence-electron chi connectivity index (χ4n) is 2.44. The standard InChI is InChI=1S/C19H24N2O4S/c1-14-5-7-16(8-6-14)12-20-19(22)13-21(3)26(23,24)17-9-10-18(25-4)15(2)11-17/h5-11H,12-13H2,1-4H3,(H,20,22). The maximum atomic E-state index is 12.6. The number of carbonyl (C=O) groups is 1. The topological polar surface area (TPSA) is 75.7 Å². The van der Waals surface area contributed by atoms with Gasteiger partial charge in [-0.2, -0.15) is 4.31 Å². The molecule has 0 unspecified atom stereocenters. The molecule has 26 heavy (non-hydrogen) atoms. The van der Waals surface area contributed by atoms with E-state index in [1.807, 2.05) is 31.2 Å². The largest absolute Gasteiger partial charge is 0.496 e. The molecule has 7 heteroatoms. The number of aryl methyl sites for hydroxylation is 2. The summed E-state index contributed by atoms with van der Waals surface area (Å²) in [5.41, 5.74) is 2.81. The first kappa shape index (κ1) is 19.9. The number of rotatable bonds is 7. The third-order valence-electron chi connectivity index (χ3n) is 4.05. The van der Waals surface area contributed by atoms with Crippen LogP contribution in [-0.4, -0.2) is 39.3 Å². The molecule has 0 bridgehead atoms. The van der Waals surface area contributed by atoms with E-state index in [9.17, 15) is 13.2 Å². The van der Waals surface area contributed by atoms with Crippen LogP contribution in [0.4, 0.5) is 0 Å². The van der Waals surface area contributed by atoms with Crippen LogP contribution in [0.2, 0.25) is 0 Å². The summed E-state index contributed by atoms with van der Waals surface area (Å²) in [6.07, 6.45) is 0. The van der Waals surface area contributed by atoms with E-state index in [2.05, 4.69) is 5.32 Å². The molecule has 2 aromatic carbocycles. The van der Waals surface area contributed by atoms with Crippen LogP contribution >= 0.6 is 0 Å². The van der Waals surface area contributed by atoms with Crippen LogP contribution < -0.4 is 10.1 Å². The maximum Gasteiger partial charge on any atom is 0.243 e. The van der Waals surface area contributed by atoms with Gasteiger partial charge in [-0.05, 0) is 43.2 Å². The van der Waals surface area contributed by atoms with Gasteiger partial charge >= 0.3 is 0 Å². The number of carbonyl (C=O) groups excluding carboxylic acids is 1. The number of sulfonamides is 1. The summed E-state index contributed by atoms with van der Waals surface area (Å²) in [7, 11) is -0.835. The minimum Gasteiger partial charge on any atom is -0.496 e. The summed E-state index contributed by atoms with van der Waals surface area (Å²) in [6, 6.07) is 12.4. The third kappa shape index (κ3) is 4.83. The Morgan fingerprint density at radius 3 is 2.35 bits per heavy atom. The van der Waals surface area contributed by atoms with Crippen molar-refractivity contribution in [2.75, 3.05) is 20.7 Å². The highest BCUT2D eigenvalue weighted by molar-refractivity contribution is 7.89. The summed E-state index contributed by atoms with van der Waals surface area (Å²) in [4.78, 5) is 12.2. The third-order valence-corrected chi connectivity index (χ3v) is 5.85. The minimum atomic E-state index is -3.75. The normalized spacial score (nSPS) is 11.4. The van der Waals surface area contributed by atoms with Gasteiger partial charge in [-0.3, -0.25) is 4.79 Å². The lowest BCUT2D eigenvalue weighted by Crippen LogP contribution is -2.38. The van der Waals surface area contributed by atoms with E-state index in [1.165, 1.54) is 26.3 Å². The lowest BCUT2D eigenvalue weighted by atomic mass is 10.1. The molecule has 0 aromatic heterocycles. The zero-order valence-electron chi connectivity index (χ0n) is 15.4. The summed E-state index contributed by atoms with van der Waals surface area (Å²) < 4.78 is 31.5. The molecule has 140 valence electrons. The predicted octanol–water partition coefficient (Wildman–Crippen LogP) is 2.25. The molecule has 0 saturated carbocycles. The van der Waals surface area contributed by atoms with E-state index in [-0.39, 0.29) is 17.3 Å². The minimum absolute atomic E-state index is 0.129. The molecule has 2 aromatic rings. The Bertz CT molecular complexity index is 877. The molecule has 0 spiro atoms. The van der Waals surface area contributed by atoms with Crippen LogP contribution in [0.1, 0.15) is 16.7 Å². The highest BCUT2D eigenvalue weighted by Crippen LogP contribution is 2.23. The molecule has 2 rings (SSSR count). The Balaban J connectivity index is 2.00. The average molecular weight is 376 g/mol. The van der Waals surface area contributed by atoms with Crippen molar-refractivity contribution >= 4 is 15.9 Å². The van der Waals surface area contributed by atoms with E-state index < -0.39 is 10.0 Å². The molecule has 0 heterocycles. The first-order valence-corrected chi connectivity index (χ1v) is 9.61. The van der Waals surface area contributed by atoms with Gasteiger partial charge in [-0.1, -0.05) is 29.8 Å². The highest BCUT2D eigenvalue weighted by atomic mass is 32.2. The van der Waals surface area contributed by atoms with Crippen molar-refractivity contribution in [1.29, 1.82) is 0 Å². The van der Waals surface area contributed by atoms with E-state index in [1.54, 1.807) is 13.0 Å². The monoisotopic (exact) mass is 376 g/mol. The van der Waals surface area contributed by atoms with Crippen molar-refractivity contribution in [2.24, 2.45) is 0 Å². The van der Waals surface area contributed by atoms with E-state index in [4.69, 9.17) is 4.74 Å². The number of benzene rings is 2. The van der Waals surface area contributed by atoms with Crippen LogP contribution in [0.3, 0.4) is 0 Å². The smallest absolute Gasteiger partial charge is 0.243 e. The summed E-state index contributed by atoms with van der Waals surface area (Å²) >= 11 is 0. The Morgan fingerprint density at radius 1 is 1.12 bits per heavy atom. The van der Waals surface area contributed by atoms with Gasteiger partial charge in [-0.25, -0.2) is 8.42 Å². The SMILES string of the molecule is COc1ccc(S(=O)(=O)N(C)CC(=O)NCc2ccc(C)cc2)cc1C. The molecule has 0 aliphatic heterocycles. The van der Waals surface area contributed by atoms with Crippen LogP contribution in [0.15, 0.2) is 47.4 Å². The van der Waals surface area contributed by atoms with Gasteiger partial charge < -0.3 is 10.1 Å². The quantitative estimate of drug-likeness (QED) is 0.804. The van der Waals surface area contributed by atoms with Crippen LogP contribution in [0.5, 0.6) is 5.75 Å². The van der Waals surface area contributed by atoms with Crippen molar-refractivity contribution in [2.45, 2.75) is 25.3 Å². The Kier molecular flexibility index (Phi) is 6.39. The lowest BCUT2D eigenvalue weighted by molar-refractivity contribution is -0.121. The molecule has 0 fully saturated rings. The van der Waals surface area contributed by atoms with Gasteiger partial charge in [0.1, 0.15) is 5.75 Å². The number of ether oxygens (including phenoxy) is 1. The molecule has 1 amide bonds. The molecule has 0 atom stereocenters. The second-order valence-electron chi connectivity index (χ2n) is 6.15. The van der Waals surface area contributed by atoms with Crippen LogP contribution in [0, 0.1) is 13.8 Å². The van der Waals surface area contributed by atoms with E-state index in [0.29, 0.717) is 17.9 Å². The summed E-state index contributed by atoms with van der Waals surface area (Å²) in [6.45, 7) is 3.86. The van der Waals surface area contributed by atoms with Crippen molar-refractivity contribution < 1.29 is 17.9 Å². The number of hydrogen-bond donors (Lipinski definition) is 1. The summed E-state index contributed by atoms with van der Waals surface area (Å²) in [5.74, 6) is 0.254. The number of nitrogens with one attached hydrogen (secondary N) is 1. The fraction of sp³-hybridized carbons (Fsp3) is 0.316. The molecule has 0 saturated heterocycles. The summed E-state index contributed by atoms with van der Waals surface area (Å²) in [5, 5.41) is 2.74. The lowest BCUT2D eigenvalue weighted by Gasteiger charge is -2.18. The Hall–Kier alpha value is -2.38.